The number of amides is 1. The van der Waals surface area contributed by atoms with Gasteiger partial charge in [0.15, 0.2) is 0 Å². The van der Waals surface area contributed by atoms with Crippen LogP contribution in [0.5, 0.6) is 0 Å². The first-order valence-corrected chi connectivity index (χ1v) is 8.77. The van der Waals surface area contributed by atoms with Crippen molar-refractivity contribution in [3.8, 4) is 0 Å². The highest BCUT2D eigenvalue weighted by Gasteiger charge is 2.30. The molecule has 120 valence electrons. The van der Waals surface area contributed by atoms with Crippen molar-refractivity contribution in [2.24, 2.45) is 11.8 Å². The molecule has 1 aromatic rings. The second-order valence-electron chi connectivity index (χ2n) is 7.07. The van der Waals surface area contributed by atoms with Gasteiger partial charge >= 0.3 is 0 Å². The van der Waals surface area contributed by atoms with Crippen LogP contribution in [0.3, 0.4) is 0 Å². The van der Waals surface area contributed by atoms with Crippen molar-refractivity contribution in [3.05, 3.63) is 35.9 Å². The molecule has 0 N–H and O–H groups in total. The number of piperidine rings is 2. The molecular formula is C19H28N2O. The van der Waals surface area contributed by atoms with E-state index in [9.17, 15) is 4.79 Å². The number of hydrogen-bond donors (Lipinski definition) is 0. The first-order chi connectivity index (χ1) is 10.7. The maximum Gasteiger partial charge on any atom is 0.225 e. The number of rotatable bonds is 3. The minimum Gasteiger partial charge on any atom is -0.342 e. The maximum atomic E-state index is 12.7. The molecule has 0 aliphatic carbocycles. The van der Waals surface area contributed by atoms with Crippen LogP contribution in [0.25, 0.3) is 0 Å². The zero-order valence-corrected chi connectivity index (χ0v) is 13.7. The third-order valence-corrected chi connectivity index (χ3v) is 5.15. The van der Waals surface area contributed by atoms with Gasteiger partial charge in [0.2, 0.25) is 5.91 Å². The van der Waals surface area contributed by atoms with Gasteiger partial charge in [0.25, 0.3) is 0 Å². The molecule has 0 saturated carbocycles. The minimum absolute atomic E-state index is 0.261. The number of benzene rings is 1. The fraction of sp³-hybridized carbons (Fsp3) is 0.632. The first-order valence-electron chi connectivity index (χ1n) is 8.77. The molecule has 2 heterocycles. The summed E-state index contributed by atoms with van der Waals surface area (Å²) in [5, 5.41) is 0. The molecule has 0 spiro atoms. The summed E-state index contributed by atoms with van der Waals surface area (Å²) in [6.07, 6.45) is 4.51. The van der Waals surface area contributed by atoms with E-state index >= 15 is 0 Å². The van der Waals surface area contributed by atoms with Gasteiger partial charge in [-0.1, -0.05) is 37.3 Å². The van der Waals surface area contributed by atoms with Crippen molar-refractivity contribution >= 4 is 5.91 Å². The molecular weight excluding hydrogens is 272 g/mol. The summed E-state index contributed by atoms with van der Waals surface area (Å²) in [6, 6.07) is 10.6. The zero-order chi connectivity index (χ0) is 15.4. The lowest BCUT2D eigenvalue weighted by Crippen LogP contribution is -2.45. The van der Waals surface area contributed by atoms with Gasteiger partial charge in [-0.15, -0.1) is 0 Å². The monoisotopic (exact) mass is 300 g/mol. The lowest BCUT2D eigenvalue weighted by atomic mass is 9.92. The Hall–Kier alpha value is -1.35. The Balaban J connectivity index is 1.48. The summed E-state index contributed by atoms with van der Waals surface area (Å²) in [4.78, 5) is 17.3. The van der Waals surface area contributed by atoms with Gasteiger partial charge in [-0.25, -0.2) is 0 Å². The minimum atomic E-state index is 0.261. The Morgan fingerprint density at radius 2 is 1.82 bits per heavy atom. The summed E-state index contributed by atoms with van der Waals surface area (Å²) in [5.41, 5.74) is 1.37. The predicted octanol–water partition coefficient (Wildman–Crippen LogP) is 3.16. The van der Waals surface area contributed by atoms with Gasteiger partial charge in [0.05, 0.1) is 0 Å². The Bertz CT molecular complexity index is 479. The molecule has 1 aromatic carbocycles. The zero-order valence-electron chi connectivity index (χ0n) is 13.7. The van der Waals surface area contributed by atoms with Crippen LogP contribution in [0.4, 0.5) is 0 Å². The number of nitrogens with zero attached hydrogens (tertiary/aromatic N) is 2. The van der Waals surface area contributed by atoms with E-state index in [0.29, 0.717) is 11.8 Å². The molecule has 2 aliphatic heterocycles. The van der Waals surface area contributed by atoms with Gasteiger partial charge in [0.1, 0.15) is 0 Å². The molecule has 2 fully saturated rings. The van der Waals surface area contributed by atoms with E-state index in [1.54, 1.807) is 0 Å². The molecule has 3 nitrogen and oxygen atoms in total. The van der Waals surface area contributed by atoms with E-state index in [1.165, 1.54) is 18.4 Å². The van der Waals surface area contributed by atoms with E-state index in [4.69, 9.17) is 0 Å². The van der Waals surface area contributed by atoms with E-state index in [0.717, 1.165) is 45.6 Å². The van der Waals surface area contributed by atoms with Crippen LogP contribution in [0, 0.1) is 11.8 Å². The fourth-order valence-electron chi connectivity index (χ4n) is 3.83. The summed E-state index contributed by atoms with van der Waals surface area (Å²) < 4.78 is 0. The van der Waals surface area contributed by atoms with Crippen molar-refractivity contribution < 1.29 is 4.79 Å². The third-order valence-electron chi connectivity index (χ3n) is 5.15. The molecule has 2 saturated heterocycles. The maximum absolute atomic E-state index is 12.7. The standard InChI is InChI=1S/C19H28N2O/c1-16-6-5-11-21(14-16)19(22)18-9-12-20(13-10-18)15-17-7-3-2-4-8-17/h2-4,7-8,16,18H,5-6,9-15H2,1H3. The molecule has 3 heteroatoms. The van der Waals surface area contributed by atoms with Gasteiger partial charge in [-0.2, -0.15) is 0 Å². The normalized spacial score (nSPS) is 24.4. The van der Waals surface area contributed by atoms with Gasteiger partial charge in [-0.05, 0) is 50.3 Å². The van der Waals surface area contributed by atoms with Crippen LogP contribution in [0.15, 0.2) is 30.3 Å². The highest BCUT2D eigenvalue weighted by molar-refractivity contribution is 5.79. The number of carbonyl (C=O) groups is 1. The summed E-state index contributed by atoms with van der Waals surface area (Å²) >= 11 is 0. The molecule has 1 unspecified atom stereocenters. The number of likely N-dealkylation sites (tertiary alicyclic amines) is 2. The Morgan fingerprint density at radius 3 is 2.50 bits per heavy atom. The van der Waals surface area contributed by atoms with E-state index in [2.05, 4.69) is 47.1 Å². The highest BCUT2D eigenvalue weighted by atomic mass is 16.2. The van der Waals surface area contributed by atoms with Crippen LogP contribution in [-0.2, 0) is 11.3 Å². The fourth-order valence-corrected chi connectivity index (χ4v) is 3.83. The van der Waals surface area contributed by atoms with E-state index in [1.807, 2.05) is 0 Å². The topological polar surface area (TPSA) is 23.6 Å². The first kappa shape index (κ1) is 15.5. The molecule has 1 atom stereocenters. The van der Waals surface area contributed by atoms with E-state index < -0.39 is 0 Å². The number of carbonyl (C=O) groups excluding carboxylic acids is 1. The van der Waals surface area contributed by atoms with E-state index in [-0.39, 0.29) is 5.92 Å². The summed E-state index contributed by atoms with van der Waals surface area (Å²) in [7, 11) is 0. The molecule has 22 heavy (non-hydrogen) atoms. The lowest BCUT2D eigenvalue weighted by Gasteiger charge is -2.37. The van der Waals surface area contributed by atoms with Crippen molar-refractivity contribution in [1.82, 2.24) is 9.80 Å². The average molecular weight is 300 g/mol. The number of hydrogen-bond acceptors (Lipinski definition) is 2. The molecule has 0 bridgehead atoms. The Morgan fingerprint density at radius 1 is 1.09 bits per heavy atom. The smallest absolute Gasteiger partial charge is 0.225 e. The molecule has 3 rings (SSSR count). The summed E-state index contributed by atoms with van der Waals surface area (Å²) in [6.45, 7) is 7.34. The Labute approximate surface area is 134 Å². The van der Waals surface area contributed by atoms with Crippen LogP contribution < -0.4 is 0 Å². The molecule has 1 amide bonds. The largest absolute Gasteiger partial charge is 0.342 e. The van der Waals surface area contributed by atoms with Gasteiger partial charge < -0.3 is 4.90 Å². The second kappa shape index (κ2) is 7.28. The van der Waals surface area contributed by atoms with Crippen LogP contribution in [0.1, 0.15) is 38.2 Å². The second-order valence-corrected chi connectivity index (χ2v) is 7.07. The van der Waals surface area contributed by atoms with Gasteiger partial charge in [-0.3, -0.25) is 9.69 Å². The average Bonchev–Trinajstić information content (AvgIpc) is 2.56. The summed E-state index contributed by atoms with van der Waals surface area (Å²) in [5.74, 6) is 1.36. The predicted molar refractivity (Wildman–Crippen MR) is 89.4 cm³/mol. The van der Waals surface area contributed by atoms with Gasteiger partial charge in [0, 0.05) is 25.6 Å². The quantitative estimate of drug-likeness (QED) is 0.856. The van der Waals surface area contributed by atoms with Crippen LogP contribution >= 0.6 is 0 Å². The van der Waals surface area contributed by atoms with Crippen LogP contribution in [-0.4, -0.2) is 41.9 Å². The SMILES string of the molecule is CC1CCCN(C(=O)C2CCN(Cc3ccccc3)CC2)C1. The molecule has 0 radical (unpaired) electrons. The van der Waals surface area contributed by atoms with Crippen molar-refractivity contribution in [2.75, 3.05) is 26.2 Å². The molecule has 2 aliphatic rings. The third kappa shape index (κ3) is 3.89. The van der Waals surface area contributed by atoms with Crippen molar-refractivity contribution in [1.29, 1.82) is 0 Å². The molecule has 0 aromatic heterocycles. The van der Waals surface area contributed by atoms with Crippen molar-refractivity contribution in [2.45, 2.75) is 39.2 Å². The lowest BCUT2D eigenvalue weighted by molar-refractivity contribution is -0.138. The highest BCUT2D eigenvalue weighted by Crippen LogP contribution is 2.24. The van der Waals surface area contributed by atoms with Crippen LogP contribution in [0.2, 0.25) is 0 Å². The van der Waals surface area contributed by atoms with Crippen molar-refractivity contribution in [3.63, 3.8) is 0 Å². The Kier molecular flexibility index (Phi) is 5.14.